The van der Waals surface area contributed by atoms with Crippen molar-refractivity contribution in [3.8, 4) is 6.07 Å². The maximum atomic E-state index is 12.1. The largest absolute Gasteiger partial charge is 0.382 e. The van der Waals surface area contributed by atoms with Gasteiger partial charge in [-0.2, -0.15) is 5.26 Å². The van der Waals surface area contributed by atoms with Crippen LogP contribution in [0.15, 0.2) is 72.2 Å². The van der Waals surface area contributed by atoms with Crippen LogP contribution in [0.2, 0.25) is 0 Å². The Bertz CT molecular complexity index is 1200. The molecule has 4 rings (SSSR count). The number of hydrogen-bond donors (Lipinski definition) is 3. The lowest BCUT2D eigenvalue weighted by molar-refractivity contribution is 0.262. The van der Waals surface area contributed by atoms with Gasteiger partial charge in [0.1, 0.15) is 6.07 Å². The Balaban J connectivity index is 1.33. The number of benzene rings is 2. The highest BCUT2D eigenvalue weighted by Gasteiger charge is 2.09. The molecule has 2 amide bonds. The molecule has 7 heteroatoms. The fourth-order valence-corrected chi connectivity index (χ4v) is 3.95. The van der Waals surface area contributed by atoms with Gasteiger partial charge in [-0.3, -0.25) is 4.98 Å². The third-order valence-corrected chi connectivity index (χ3v) is 5.47. The summed E-state index contributed by atoms with van der Waals surface area (Å²) in [6, 6.07) is 20.9. The summed E-state index contributed by atoms with van der Waals surface area (Å²) in [5, 5.41) is 20.3. The Morgan fingerprint density at radius 3 is 2.47 bits per heavy atom. The second-order valence-electron chi connectivity index (χ2n) is 6.61. The lowest BCUT2D eigenvalue weighted by Gasteiger charge is -2.10. The highest BCUT2D eigenvalue weighted by molar-refractivity contribution is 7.17. The van der Waals surface area contributed by atoms with E-state index in [1.54, 1.807) is 17.5 Å². The fraction of sp³-hybridized carbons (Fsp3) is 0.0870. The molecule has 2 aromatic carbocycles. The van der Waals surface area contributed by atoms with Crippen molar-refractivity contribution in [1.82, 2.24) is 4.98 Å². The average Bonchev–Trinajstić information content (AvgIpc) is 3.25. The van der Waals surface area contributed by atoms with Crippen molar-refractivity contribution in [3.63, 3.8) is 0 Å². The summed E-state index contributed by atoms with van der Waals surface area (Å²) in [4.78, 5) is 16.4. The molecule has 2 aromatic heterocycles. The van der Waals surface area contributed by atoms with Gasteiger partial charge in [0.15, 0.2) is 0 Å². The van der Waals surface area contributed by atoms with Crippen LogP contribution in [0.4, 0.5) is 21.9 Å². The molecule has 0 spiro atoms. The predicted octanol–water partition coefficient (Wildman–Crippen LogP) is 5.47. The molecule has 4 aromatic rings. The molecule has 0 aliphatic rings. The summed E-state index contributed by atoms with van der Waals surface area (Å²) in [7, 11) is 0. The minimum atomic E-state index is -0.280. The van der Waals surface area contributed by atoms with Gasteiger partial charge in [0, 0.05) is 24.1 Å². The highest BCUT2D eigenvalue weighted by atomic mass is 32.1. The summed E-state index contributed by atoms with van der Waals surface area (Å²) in [6.07, 6.45) is 2.40. The first-order valence-electron chi connectivity index (χ1n) is 9.45. The summed E-state index contributed by atoms with van der Waals surface area (Å²) in [5.74, 6) is 0. The van der Waals surface area contributed by atoms with Gasteiger partial charge in [0.05, 0.1) is 21.5 Å². The van der Waals surface area contributed by atoms with Crippen molar-refractivity contribution in [2.75, 3.05) is 22.5 Å². The third kappa shape index (κ3) is 4.57. The van der Waals surface area contributed by atoms with Crippen LogP contribution in [0.1, 0.15) is 11.1 Å². The average molecular weight is 414 g/mol. The Morgan fingerprint density at radius 2 is 1.73 bits per heavy atom. The Labute approximate surface area is 178 Å². The fourth-order valence-electron chi connectivity index (χ4n) is 3.07. The molecule has 0 aliphatic heterocycles. The maximum Gasteiger partial charge on any atom is 0.323 e. The SMILES string of the molecule is N#Cc1cnc2ccsc2c1NCCc1ccc(NC(=O)Nc2ccccc2)cc1. The quantitative estimate of drug-likeness (QED) is 0.391. The molecule has 0 saturated heterocycles. The third-order valence-electron chi connectivity index (χ3n) is 4.55. The van der Waals surface area contributed by atoms with E-state index in [1.807, 2.05) is 66.0 Å². The number of fused-ring (bicyclic) bond motifs is 1. The summed E-state index contributed by atoms with van der Waals surface area (Å²) < 4.78 is 0.998. The molecule has 0 fully saturated rings. The number of thiophene rings is 1. The van der Waals surface area contributed by atoms with E-state index < -0.39 is 0 Å². The number of anilines is 3. The van der Waals surface area contributed by atoms with Gasteiger partial charge >= 0.3 is 6.03 Å². The van der Waals surface area contributed by atoms with E-state index in [0.717, 1.165) is 39.3 Å². The van der Waals surface area contributed by atoms with E-state index in [0.29, 0.717) is 12.1 Å². The molecule has 2 heterocycles. The molecule has 0 aliphatic carbocycles. The molecule has 148 valence electrons. The number of hydrogen-bond acceptors (Lipinski definition) is 5. The van der Waals surface area contributed by atoms with E-state index in [-0.39, 0.29) is 6.03 Å². The summed E-state index contributed by atoms with van der Waals surface area (Å²) in [5.41, 5.74) is 4.88. The molecular weight excluding hydrogens is 394 g/mol. The topological polar surface area (TPSA) is 89.8 Å². The molecule has 0 atom stereocenters. The Hall–Kier alpha value is -3.89. The molecule has 30 heavy (non-hydrogen) atoms. The van der Waals surface area contributed by atoms with Gasteiger partial charge in [-0.25, -0.2) is 4.79 Å². The van der Waals surface area contributed by atoms with E-state index >= 15 is 0 Å². The first kappa shape index (κ1) is 19.4. The lowest BCUT2D eigenvalue weighted by atomic mass is 10.1. The van der Waals surface area contributed by atoms with Crippen molar-refractivity contribution in [1.29, 1.82) is 5.26 Å². The zero-order valence-corrected chi connectivity index (χ0v) is 16.9. The standard InChI is InChI=1S/C23H19N5OS/c24-14-17-15-26-20-11-13-30-22(20)21(17)25-12-10-16-6-8-19(9-7-16)28-23(29)27-18-4-2-1-3-5-18/h1-9,11,13,15H,10,12H2,(H,25,26)(H2,27,28,29). The van der Waals surface area contributed by atoms with Crippen LogP contribution >= 0.6 is 11.3 Å². The number of urea groups is 1. The molecular formula is C23H19N5OS. The van der Waals surface area contributed by atoms with E-state index in [9.17, 15) is 10.1 Å². The Morgan fingerprint density at radius 1 is 1.00 bits per heavy atom. The number of carbonyl (C=O) groups is 1. The second kappa shape index (κ2) is 9.07. The summed E-state index contributed by atoms with van der Waals surface area (Å²) >= 11 is 1.58. The number of amides is 2. The van der Waals surface area contributed by atoms with Crippen LogP contribution in [-0.4, -0.2) is 17.6 Å². The van der Waals surface area contributed by atoms with Gasteiger partial charge in [-0.1, -0.05) is 30.3 Å². The smallest absolute Gasteiger partial charge is 0.323 e. The van der Waals surface area contributed by atoms with Crippen molar-refractivity contribution >= 4 is 44.6 Å². The second-order valence-corrected chi connectivity index (χ2v) is 7.53. The number of nitrogens with zero attached hydrogens (tertiary/aromatic N) is 2. The van der Waals surface area contributed by atoms with Gasteiger partial charge in [0.25, 0.3) is 0 Å². The maximum absolute atomic E-state index is 12.1. The zero-order valence-electron chi connectivity index (χ0n) is 16.1. The van der Waals surface area contributed by atoms with Crippen molar-refractivity contribution in [3.05, 3.63) is 83.4 Å². The molecule has 0 bridgehead atoms. The van der Waals surface area contributed by atoms with Crippen molar-refractivity contribution < 1.29 is 4.79 Å². The van der Waals surface area contributed by atoms with Gasteiger partial charge in [-0.15, -0.1) is 11.3 Å². The molecule has 3 N–H and O–H groups in total. The first-order chi connectivity index (χ1) is 14.7. The summed E-state index contributed by atoms with van der Waals surface area (Å²) in [6.45, 7) is 0.687. The number of pyridine rings is 1. The van der Waals surface area contributed by atoms with Gasteiger partial charge in [0.2, 0.25) is 0 Å². The van der Waals surface area contributed by atoms with Crippen LogP contribution in [0.3, 0.4) is 0 Å². The molecule has 0 radical (unpaired) electrons. The monoisotopic (exact) mass is 413 g/mol. The van der Waals surface area contributed by atoms with Crippen LogP contribution in [0, 0.1) is 11.3 Å². The van der Waals surface area contributed by atoms with E-state index in [2.05, 4.69) is 27.0 Å². The normalized spacial score (nSPS) is 10.4. The van der Waals surface area contributed by atoms with Crippen LogP contribution in [-0.2, 0) is 6.42 Å². The minimum Gasteiger partial charge on any atom is -0.382 e. The minimum absolute atomic E-state index is 0.280. The number of nitrogens with one attached hydrogen (secondary N) is 3. The van der Waals surface area contributed by atoms with E-state index in [4.69, 9.17) is 0 Å². The van der Waals surface area contributed by atoms with E-state index in [1.165, 1.54) is 0 Å². The molecule has 0 unspecified atom stereocenters. The number of rotatable bonds is 6. The lowest BCUT2D eigenvalue weighted by Crippen LogP contribution is -2.19. The van der Waals surface area contributed by atoms with Gasteiger partial charge < -0.3 is 16.0 Å². The number of nitriles is 1. The van der Waals surface area contributed by atoms with Crippen LogP contribution in [0.5, 0.6) is 0 Å². The number of carbonyl (C=O) groups excluding carboxylic acids is 1. The molecule has 0 saturated carbocycles. The van der Waals surface area contributed by atoms with Crippen LogP contribution in [0.25, 0.3) is 10.2 Å². The van der Waals surface area contributed by atoms with Gasteiger partial charge in [-0.05, 0) is 47.7 Å². The van der Waals surface area contributed by atoms with Crippen LogP contribution < -0.4 is 16.0 Å². The zero-order chi connectivity index (χ0) is 20.8. The Kier molecular flexibility index (Phi) is 5.88. The van der Waals surface area contributed by atoms with Crippen molar-refractivity contribution in [2.24, 2.45) is 0 Å². The predicted molar refractivity (Wildman–Crippen MR) is 122 cm³/mol. The van der Waals surface area contributed by atoms with Crippen molar-refractivity contribution in [2.45, 2.75) is 6.42 Å². The highest BCUT2D eigenvalue weighted by Crippen LogP contribution is 2.30. The molecule has 6 nitrogen and oxygen atoms in total. The number of para-hydroxylation sites is 1. The first-order valence-corrected chi connectivity index (χ1v) is 10.3. The number of aromatic nitrogens is 1.